The third-order valence-electron chi connectivity index (χ3n) is 6.12. The molecule has 2 atom stereocenters. The fourth-order valence-electron chi connectivity index (χ4n) is 4.26. The predicted molar refractivity (Wildman–Crippen MR) is 136 cm³/mol. The average molecular weight is 494 g/mol. The zero-order valence-corrected chi connectivity index (χ0v) is 20.7. The van der Waals surface area contributed by atoms with Gasteiger partial charge in [-0.25, -0.2) is 4.98 Å². The summed E-state index contributed by atoms with van der Waals surface area (Å²) in [6.07, 6.45) is 4.89. The topological polar surface area (TPSA) is 89.6 Å². The summed E-state index contributed by atoms with van der Waals surface area (Å²) < 4.78 is 11.1. The summed E-state index contributed by atoms with van der Waals surface area (Å²) in [6, 6.07) is 17.2. The number of hydrogen-bond donors (Lipinski definition) is 2. The van der Waals surface area contributed by atoms with E-state index >= 15 is 0 Å². The summed E-state index contributed by atoms with van der Waals surface area (Å²) in [5.74, 6) is 1.07. The number of nitrogens with one attached hydrogen (secondary N) is 2. The van der Waals surface area contributed by atoms with E-state index in [9.17, 15) is 9.59 Å². The van der Waals surface area contributed by atoms with Crippen LogP contribution in [0.5, 0.6) is 11.5 Å². The van der Waals surface area contributed by atoms with Crippen LogP contribution in [0.2, 0.25) is 0 Å². The molecule has 4 rings (SSSR count). The van der Waals surface area contributed by atoms with Crippen LogP contribution in [0.1, 0.15) is 53.2 Å². The quantitative estimate of drug-likeness (QED) is 0.433. The van der Waals surface area contributed by atoms with Gasteiger partial charge in [0.2, 0.25) is 5.91 Å². The number of carbonyl (C=O) groups excluding carboxylic acids is 2. The van der Waals surface area contributed by atoms with Crippen LogP contribution in [0.4, 0.5) is 0 Å². The number of rotatable bonds is 10. The van der Waals surface area contributed by atoms with Crippen molar-refractivity contribution in [2.45, 2.75) is 57.2 Å². The Morgan fingerprint density at radius 1 is 0.971 bits per heavy atom. The van der Waals surface area contributed by atoms with Crippen LogP contribution in [0.15, 0.2) is 60.0 Å². The van der Waals surface area contributed by atoms with Crippen LogP contribution < -0.4 is 20.1 Å². The number of para-hydroxylation sites is 2. The minimum absolute atomic E-state index is 0.0180. The van der Waals surface area contributed by atoms with E-state index in [0.717, 1.165) is 31.2 Å². The van der Waals surface area contributed by atoms with E-state index in [1.807, 2.05) is 54.6 Å². The van der Waals surface area contributed by atoms with Crippen LogP contribution >= 0.6 is 11.3 Å². The number of aryl methyl sites for hydroxylation is 1. The molecule has 1 heterocycles. The molecule has 0 unspecified atom stereocenters. The summed E-state index contributed by atoms with van der Waals surface area (Å²) in [4.78, 5) is 29.9. The lowest BCUT2D eigenvalue weighted by atomic mass is 9.90. The lowest BCUT2D eigenvalue weighted by Gasteiger charge is -2.32. The molecule has 0 radical (unpaired) electrons. The lowest BCUT2D eigenvalue weighted by molar-refractivity contribution is -0.122. The van der Waals surface area contributed by atoms with Crippen LogP contribution in [0.3, 0.4) is 0 Å². The van der Waals surface area contributed by atoms with E-state index in [1.54, 1.807) is 12.5 Å². The Labute approximate surface area is 209 Å². The van der Waals surface area contributed by atoms with Gasteiger partial charge in [0, 0.05) is 23.9 Å². The maximum Gasteiger partial charge on any atom is 0.271 e. The molecule has 2 N–H and O–H groups in total. The average Bonchev–Trinajstić information content (AvgIpc) is 3.37. The van der Waals surface area contributed by atoms with E-state index in [1.165, 1.54) is 11.3 Å². The second-order valence-corrected chi connectivity index (χ2v) is 9.53. The van der Waals surface area contributed by atoms with Gasteiger partial charge in [0.25, 0.3) is 5.91 Å². The maximum atomic E-state index is 12.9. The molecule has 2 amide bonds. The van der Waals surface area contributed by atoms with E-state index in [-0.39, 0.29) is 30.5 Å². The van der Waals surface area contributed by atoms with Crippen molar-refractivity contribution in [3.63, 3.8) is 0 Å². The second kappa shape index (κ2) is 12.4. The van der Waals surface area contributed by atoms with Crippen molar-refractivity contribution in [2.24, 2.45) is 0 Å². The van der Waals surface area contributed by atoms with E-state index in [4.69, 9.17) is 9.47 Å². The van der Waals surface area contributed by atoms with Gasteiger partial charge < -0.3 is 20.1 Å². The predicted octanol–water partition coefficient (Wildman–Crippen LogP) is 4.52. The summed E-state index contributed by atoms with van der Waals surface area (Å²) in [7, 11) is 1.60. The molecular weight excluding hydrogens is 462 g/mol. The molecular formula is C27H31N3O4S. The molecule has 35 heavy (non-hydrogen) atoms. The minimum Gasteiger partial charge on any atom is -0.493 e. The van der Waals surface area contributed by atoms with Crippen molar-refractivity contribution in [3.05, 3.63) is 76.2 Å². The van der Waals surface area contributed by atoms with Gasteiger partial charge in [-0.15, -0.1) is 11.3 Å². The van der Waals surface area contributed by atoms with Crippen LogP contribution in [0, 0.1) is 0 Å². The van der Waals surface area contributed by atoms with Gasteiger partial charge in [0.15, 0.2) is 11.5 Å². The van der Waals surface area contributed by atoms with Gasteiger partial charge in [-0.3, -0.25) is 9.59 Å². The number of methoxy groups -OCH3 is 1. The highest BCUT2D eigenvalue weighted by Gasteiger charge is 2.28. The highest BCUT2D eigenvalue weighted by molar-refractivity contribution is 7.09. The van der Waals surface area contributed by atoms with Gasteiger partial charge in [-0.1, -0.05) is 55.3 Å². The zero-order chi connectivity index (χ0) is 24.5. The largest absolute Gasteiger partial charge is 0.493 e. The zero-order valence-electron chi connectivity index (χ0n) is 19.9. The summed E-state index contributed by atoms with van der Waals surface area (Å²) in [5, 5.41) is 8.69. The fourth-order valence-corrected chi connectivity index (χ4v) is 4.94. The summed E-state index contributed by atoms with van der Waals surface area (Å²) in [6.45, 7) is 0.252. The van der Waals surface area contributed by atoms with Gasteiger partial charge in [0.05, 0.1) is 7.11 Å². The Hall–Kier alpha value is -3.39. The van der Waals surface area contributed by atoms with E-state index in [2.05, 4.69) is 15.6 Å². The van der Waals surface area contributed by atoms with E-state index in [0.29, 0.717) is 35.0 Å². The first-order valence-corrected chi connectivity index (χ1v) is 12.8. The van der Waals surface area contributed by atoms with Crippen molar-refractivity contribution in [3.8, 4) is 11.5 Å². The number of nitrogens with zero attached hydrogens (tertiary/aromatic N) is 1. The number of hydrogen-bond acceptors (Lipinski definition) is 6. The molecule has 3 aromatic rings. The number of thiazole rings is 1. The highest BCUT2D eigenvalue weighted by Crippen LogP contribution is 2.27. The van der Waals surface area contributed by atoms with Crippen LogP contribution in [0.25, 0.3) is 0 Å². The van der Waals surface area contributed by atoms with Crippen molar-refractivity contribution in [2.75, 3.05) is 7.11 Å². The Bertz CT molecular complexity index is 1120. The number of amides is 2. The maximum absolute atomic E-state index is 12.9. The molecule has 1 saturated carbocycles. The van der Waals surface area contributed by atoms with Crippen molar-refractivity contribution in [1.82, 2.24) is 15.6 Å². The Balaban J connectivity index is 1.29. The number of ether oxygens (including phenoxy) is 2. The Kier molecular flexibility index (Phi) is 8.73. The van der Waals surface area contributed by atoms with Crippen molar-refractivity contribution < 1.29 is 19.1 Å². The Morgan fingerprint density at radius 2 is 1.66 bits per heavy atom. The standard InChI is InChI=1S/C27H31N3O4S/c1-33-23-13-7-8-14-24(23)34-17-26-29-22(18-35-26)27(32)30-21-12-6-5-11-20(21)28-25(31)16-15-19-9-3-2-4-10-19/h2-4,7-10,13-14,18,20-21H,5-6,11-12,15-17H2,1H3,(H,28,31)(H,30,32)/t20-,21+/m1/s1. The lowest BCUT2D eigenvalue weighted by Crippen LogP contribution is -2.53. The molecule has 0 aliphatic heterocycles. The molecule has 184 valence electrons. The summed E-state index contributed by atoms with van der Waals surface area (Å²) in [5.41, 5.74) is 1.51. The molecule has 0 saturated heterocycles. The Morgan fingerprint density at radius 3 is 2.40 bits per heavy atom. The van der Waals surface area contributed by atoms with Gasteiger partial charge >= 0.3 is 0 Å². The molecule has 1 aliphatic carbocycles. The second-order valence-electron chi connectivity index (χ2n) is 8.59. The molecule has 0 bridgehead atoms. The monoisotopic (exact) mass is 493 g/mol. The number of benzene rings is 2. The third-order valence-corrected chi connectivity index (χ3v) is 6.94. The SMILES string of the molecule is COc1ccccc1OCc1nc(C(=O)N[C@H]2CCCC[C@H]2NC(=O)CCc2ccccc2)cs1. The molecule has 1 aliphatic rings. The number of carbonyl (C=O) groups is 2. The normalized spacial score (nSPS) is 17.4. The number of aromatic nitrogens is 1. The molecule has 8 heteroatoms. The fraction of sp³-hybridized carbons (Fsp3) is 0.370. The van der Waals surface area contributed by atoms with Crippen LogP contribution in [-0.4, -0.2) is 36.0 Å². The van der Waals surface area contributed by atoms with Gasteiger partial charge in [-0.05, 0) is 37.0 Å². The van der Waals surface area contributed by atoms with Gasteiger partial charge in [0.1, 0.15) is 17.3 Å². The summed E-state index contributed by atoms with van der Waals surface area (Å²) >= 11 is 1.38. The van der Waals surface area contributed by atoms with Crippen molar-refractivity contribution >= 4 is 23.2 Å². The first kappa shape index (κ1) is 24.7. The van der Waals surface area contributed by atoms with Crippen LogP contribution in [-0.2, 0) is 17.8 Å². The molecule has 1 aromatic heterocycles. The first-order chi connectivity index (χ1) is 17.1. The van der Waals surface area contributed by atoms with Crippen molar-refractivity contribution in [1.29, 1.82) is 0 Å². The van der Waals surface area contributed by atoms with E-state index < -0.39 is 0 Å². The first-order valence-electron chi connectivity index (χ1n) is 12.0. The van der Waals surface area contributed by atoms with Gasteiger partial charge in [-0.2, -0.15) is 0 Å². The molecule has 7 nitrogen and oxygen atoms in total. The third kappa shape index (κ3) is 7.05. The highest BCUT2D eigenvalue weighted by atomic mass is 32.1. The molecule has 2 aromatic carbocycles. The molecule has 0 spiro atoms. The minimum atomic E-state index is -0.222. The smallest absolute Gasteiger partial charge is 0.271 e. The molecule has 1 fully saturated rings.